The van der Waals surface area contributed by atoms with E-state index in [2.05, 4.69) is 41.2 Å². The summed E-state index contributed by atoms with van der Waals surface area (Å²) >= 11 is 15.1. The molecule has 10 nitrogen and oxygen atoms in total. The van der Waals surface area contributed by atoms with Crippen molar-refractivity contribution >= 4 is 85.5 Å². The molecule has 3 aromatic rings. The summed E-state index contributed by atoms with van der Waals surface area (Å²) in [4.78, 5) is 26.6. The van der Waals surface area contributed by atoms with E-state index in [1.54, 1.807) is 18.2 Å². The van der Waals surface area contributed by atoms with Crippen LogP contribution in [-0.4, -0.2) is 36.0 Å². The van der Waals surface area contributed by atoms with Crippen LogP contribution in [0.15, 0.2) is 24.5 Å². The molecule has 0 saturated heterocycles. The number of imidazole rings is 1. The van der Waals surface area contributed by atoms with Crippen molar-refractivity contribution in [2.24, 2.45) is 5.73 Å². The number of aromatic amines is 1. The second-order valence-corrected chi connectivity index (χ2v) is 11.7. The smallest absolute Gasteiger partial charge is 0.284 e. The number of anilines is 2. The molecular formula is C14H11BrCl2FN7O3S2. The lowest BCUT2D eigenvalue weighted by Crippen LogP contribution is -2.29. The standard InChI is InChI=1S/C14H11BrCl2FN7O3S2/c1-28-6-2-3-7(16)8(4-6)22-11-9-10(21-5-20-9)23-12(24-11)13(15,30-25(26)27)29-14(17,18)19/h2-5H,19H2,1H3,(H2,20,21,22,23,24). The lowest BCUT2D eigenvalue weighted by molar-refractivity contribution is -0.284. The third-order valence-electron chi connectivity index (χ3n) is 3.44. The molecule has 4 N–H and O–H groups in total. The Labute approximate surface area is 195 Å². The highest BCUT2D eigenvalue weighted by atomic mass is 79.9. The number of alkyl halides is 3. The first kappa shape index (κ1) is 23.1. The fourth-order valence-corrected chi connectivity index (χ4v) is 6.05. The maximum absolute atomic E-state index is 14.0. The minimum absolute atomic E-state index is 0.0778. The SMILES string of the molecule is COc1ccc(Cl)c(Nc2nc(C(Br)(S[N+](=O)[O-])SC(N)(F)Cl)nc3nc[nH]c23)c1. The Morgan fingerprint density at radius 3 is 2.83 bits per heavy atom. The zero-order chi connectivity index (χ0) is 22.1. The number of halogens is 4. The first-order chi connectivity index (χ1) is 14.0. The van der Waals surface area contributed by atoms with Gasteiger partial charge in [0.25, 0.3) is 19.5 Å². The number of hydrogen-bond acceptors (Lipinski definition) is 10. The normalized spacial score (nSPS) is 15.4. The maximum atomic E-state index is 14.0. The monoisotopic (exact) mass is 557 g/mol. The molecule has 30 heavy (non-hydrogen) atoms. The Kier molecular flexibility index (Phi) is 6.84. The Morgan fingerprint density at radius 2 is 2.20 bits per heavy atom. The number of aromatic nitrogens is 4. The summed E-state index contributed by atoms with van der Waals surface area (Å²) in [5, 5.41) is 14.5. The first-order valence-electron chi connectivity index (χ1n) is 7.72. The van der Waals surface area contributed by atoms with Gasteiger partial charge in [0.1, 0.15) is 15.6 Å². The van der Waals surface area contributed by atoms with Crippen molar-refractivity contribution in [3.05, 3.63) is 45.5 Å². The summed E-state index contributed by atoms with van der Waals surface area (Å²) < 4.78 is 13.7. The highest BCUT2D eigenvalue weighted by molar-refractivity contribution is 9.13. The van der Waals surface area contributed by atoms with Gasteiger partial charge in [0.05, 0.1) is 24.1 Å². The molecule has 0 bridgehead atoms. The molecule has 0 amide bonds. The van der Waals surface area contributed by atoms with Crippen molar-refractivity contribution in [1.82, 2.24) is 19.9 Å². The lowest BCUT2D eigenvalue weighted by Gasteiger charge is -2.23. The number of H-pyrrole nitrogens is 1. The van der Waals surface area contributed by atoms with Gasteiger partial charge in [-0.1, -0.05) is 23.2 Å². The molecule has 2 heterocycles. The summed E-state index contributed by atoms with van der Waals surface area (Å²) in [6, 6.07) is 4.90. The van der Waals surface area contributed by atoms with E-state index < -0.39 is 11.9 Å². The molecule has 1 aromatic carbocycles. The number of nitrogens with two attached hydrogens (primary N) is 1. The van der Waals surface area contributed by atoms with Gasteiger partial charge in [0, 0.05) is 6.07 Å². The molecule has 2 unspecified atom stereocenters. The van der Waals surface area contributed by atoms with Crippen LogP contribution < -0.4 is 15.8 Å². The number of methoxy groups -OCH3 is 1. The average Bonchev–Trinajstić information content (AvgIpc) is 3.10. The van der Waals surface area contributed by atoms with Crippen molar-refractivity contribution in [2.75, 3.05) is 12.4 Å². The van der Waals surface area contributed by atoms with Crippen LogP contribution in [0.2, 0.25) is 5.02 Å². The molecule has 16 heteroatoms. The molecule has 0 aliphatic heterocycles. The number of nitro groups is 1. The molecule has 2 atom stereocenters. The zero-order valence-corrected chi connectivity index (χ0v) is 19.5. The number of rotatable bonds is 8. The fourth-order valence-electron chi connectivity index (χ4n) is 2.29. The largest absolute Gasteiger partial charge is 0.497 e. The zero-order valence-electron chi connectivity index (χ0n) is 14.7. The minimum atomic E-state index is -2.85. The fraction of sp³-hybridized carbons (Fsp3) is 0.214. The lowest BCUT2D eigenvalue weighted by atomic mass is 10.3. The van der Waals surface area contributed by atoms with Crippen LogP contribution in [0.3, 0.4) is 0 Å². The molecule has 0 spiro atoms. The Bertz CT molecular complexity index is 1100. The Hall–Kier alpha value is -1.58. The first-order valence-corrected chi connectivity index (χ1v) is 10.9. The molecule has 0 aliphatic rings. The summed E-state index contributed by atoms with van der Waals surface area (Å²) in [7, 11) is 1.50. The second kappa shape index (κ2) is 8.88. The quantitative estimate of drug-likeness (QED) is 0.0887. The minimum Gasteiger partial charge on any atom is -0.497 e. The van der Waals surface area contributed by atoms with Crippen LogP contribution >= 0.6 is 62.8 Å². The van der Waals surface area contributed by atoms with E-state index in [0.29, 0.717) is 22.0 Å². The van der Waals surface area contributed by atoms with E-state index >= 15 is 0 Å². The van der Waals surface area contributed by atoms with Crippen LogP contribution in [0.25, 0.3) is 11.2 Å². The molecule has 160 valence electrons. The molecule has 2 aromatic heterocycles. The maximum Gasteiger partial charge on any atom is 0.284 e. The van der Waals surface area contributed by atoms with Crippen LogP contribution in [0, 0.1) is 10.1 Å². The van der Waals surface area contributed by atoms with Gasteiger partial charge in [-0.15, -0.1) is 0 Å². The van der Waals surface area contributed by atoms with Gasteiger partial charge >= 0.3 is 0 Å². The van der Waals surface area contributed by atoms with Gasteiger partial charge in [-0.3, -0.25) is 15.8 Å². The van der Waals surface area contributed by atoms with E-state index in [1.165, 1.54) is 13.4 Å². The van der Waals surface area contributed by atoms with E-state index in [0.717, 1.165) is 0 Å². The molecule has 0 radical (unpaired) electrons. The van der Waals surface area contributed by atoms with Gasteiger partial charge in [0.15, 0.2) is 17.3 Å². The predicted octanol–water partition coefficient (Wildman–Crippen LogP) is 4.70. The molecule has 0 aliphatic carbocycles. The van der Waals surface area contributed by atoms with Crippen LogP contribution in [0.1, 0.15) is 5.82 Å². The number of nitrogens with one attached hydrogen (secondary N) is 2. The van der Waals surface area contributed by atoms with Crippen molar-refractivity contribution in [3.63, 3.8) is 0 Å². The van der Waals surface area contributed by atoms with E-state index in [-0.39, 0.29) is 41.0 Å². The molecule has 0 saturated carbocycles. The van der Waals surface area contributed by atoms with Gasteiger partial charge in [0.2, 0.25) is 0 Å². The molecular weight excluding hydrogens is 548 g/mol. The average molecular weight is 559 g/mol. The number of hydrogen-bond donors (Lipinski definition) is 3. The summed E-state index contributed by atoms with van der Waals surface area (Å²) in [5.41, 5.74) is 6.19. The summed E-state index contributed by atoms with van der Waals surface area (Å²) in [6.45, 7) is 0. The van der Waals surface area contributed by atoms with Crippen LogP contribution in [-0.2, 0) is 2.99 Å². The number of nitrogens with zero attached hydrogens (tertiary/aromatic N) is 4. The Morgan fingerprint density at radius 1 is 1.47 bits per heavy atom. The van der Waals surface area contributed by atoms with Gasteiger partial charge in [-0.25, -0.2) is 15.0 Å². The third kappa shape index (κ3) is 5.36. The van der Waals surface area contributed by atoms with Crippen molar-refractivity contribution in [3.8, 4) is 5.75 Å². The van der Waals surface area contributed by atoms with E-state index in [1.807, 2.05) is 0 Å². The van der Waals surface area contributed by atoms with Gasteiger partial charge in [-0.05, 0) is 39.8 Å². The van der Waals surface area contributed by atoms with Crippen LogP contribution in [0.5, 0.6) is 5.75 Å². The number of thioether (sulfide) groups is 1. The summed E-state index contributed by atoms with van der Waals surface area (Å²) in [6.07, 6.45) is 1.36. The Balaban J connectivity index is 2.13. The summed E-state index contributed by atoms with van der Waals surface area (Å²) in [5.74, 6) is 0.495. The van der Waals surface area contributed by atoms with E-state index in [9.17, 15) is 14.5 Å². The number of ether oxygens (including phenoxy) is 1. The number of fused-ring (bicyclic) bond motifs is 1. The molecule has 0 fully saturated rings. The predicted molar refractivity (Wildman–Crippen MR) is 120 cm³/mol. The van der Waals surface area contributed by atoms with Crippen molar-refractivity contribution in [1.29, 1.82) is 0 Å². The van der Waals surface area contributed by atoms with E-state index in [4.69, 9.17) is 33.7 Å². The highest BCUT2D eigenvalue weighted by Crippen LogP contribution is 2.56. The van der Waals surface area contributed by atoms with Crippen LogP contribution in [0.4, 0.5) is 15.9 Å². The van der Waals surface area contributed by atoms with Crippen molar-refractivity contribution in [2.45, 2.75) is 7.57 Å². The third-order valence-corrected chi connectivity index (χ3v) is 7.03. The van der Waals surface area contributed by atoms with Gasteiger partial charge in [-0.2, -0.15) is 4.39 Å². The number of benzene rings is 1. The highest BCUT2D eigenvalue weighted by Gasteiger charge is 2.49. The van der Waals surface area contributed by atoms with Gasteiger partial charge < -0.3 is 15.0 Å². The second-order valence-electron chi connectivity index (χ2n) is 5.48. The van der Waals surface area contributed by atoms with Crippen molar-refractivity contribution < 1.29 is 13.5 Å². The topological polar surface area (TPSA) is 145 Å². The molecule has 3 rings (SSSR count).